The molecule has 1 aliphatic heterocycles. The number of carbonyl (C=O) groups is 6. The number of fused-ring (bicyclic) bond motifs is 1. The van der Waals surface area contributed by atoms with Crippen LogP contribution in [0.15, 0.2) is 11.8 Å². The van der Waals surface area contributed by atoms with Gasteiger partial charge in [0.1, 0.15) is 36.4 Å². The Morgan fingerprint density at radius 3 is 1.63 bits per heavy atom. The average Bonchev–Trinajstić information content (AvgIpc) is 3.21. The normalized spacial score (nSPS) is 25.2. The molecule has 1 heterocycles. The van der Waals surface area contributed by atoms with E-state index >= 15 is 0 Å². The minimum Gasteiger partial charge on any atom is -0.462 e. The standard InChI is InChI=1S/C37H58O15/c1-19(2)12-27(39)50-26-15-36(44)25(16-46-33(42)30(22(7)8)51-28(40)13-20(3)4)17-47-35(49-24(11)38)32(36)37(26,45)18-48-34(43)31(23(9)10)52-29(41)14-21(5)6/h17,19-23,26,30-32,35,44-45H,12-16,18H2,1-11H3. The van der Waals surface area contributed by atoms with Gasteiger partial charge in [0.15, 0.2) is 0 Å². The quantitative estimate of drug-likeness (QED) is 0.152. The molecule has 296 valence electrons. The third-order valence-electron chi connectivity index (χ3n) is 8.57. The second-order valence-electron chi connectivity index (χ2n) is 15.7. The van der Waals surface area contributed by atoms with E-state index in [4.69, 9.17) is 33.2 Å². The van der Waals surface area contributed by atoms with Crippen LogP contribution < -0.4 is 0 Å². The zero-order valence-electron chi connectivity index (χ0n) is 32.3. The van der Waals surface area contributed by atoms with Crippen molar-refractivity contribution in [1.82, 2.24) is 0 Å². The fraction of sp³-hybridized carbons (Fsp3) is 0.784. The third-order valence-corrected chi connectivity index (χ3v) is 8.57. The molecule has 0 bridgehead atoms. The zero-order valence-corrected chi connectivity index (χ0v) is 32.3. The van der Waals surface area contributed by atoms with Gasteiger partial charge in [-0.05, 0) is 17.8 Å². The summed E-state index contributed by atoms with van der Waals surface area (Å²) in [4.78, 5) is 76.6. The minimum atomic E-state index is -2.46. The zero-order chi connectivity index (χ0) is 39.7. The van der Waals surface area contributed by atoms with Crippen LogP contribution in [-0.2, 0) is 61.9 Å². The smallest absolute Gasteiger partial charge is 0.348 e. The molecule has 1 saturated carbocycles. The number of esters is 6. The highest BCUT2D eigenvalue weighted by atomic mass is 16.7. The molecule has 0 aromatic heterocycles. The molecule has 2 aliphatic rings. The number of aliphatic hydroxyl groups is 2. The fourth-order valence-corrected chi connectivity index (χ4v) is 6.07. The first-order valence-electron chi connectivity index (χ1n) is 17.9. The Morgan fingerprint density at radius 1 is 0.731 bits per heavy atom. The first-order valence-corrected chi connectivity index (χ1v) is 17.9. The Bertz CT molecular complexity index is 1320. The summed E-state index contributed by atoms with van der Waals surface area (Å²) in [5.74, 6) is -7.62. The number of carbonyl (C=O) groups excluding carboxylic acids is 6. The highest BCUT2D eigenvalue weighted by molar-refractivity contribution is 5.80. The largest absolute Gasteiger partial charge is 0.462 e. The van der Waals surface area contributed by atoms with Crippen molar-refractivity contribution in [2.75, 3.05) is 13.2 Å². The Hall–Kier alpha value is -3.72. The molecule has 0 aromatic rings. The van der Waals surface area contributed by atoms with Crippen LogP contribution in [0.2, 0.25) is 0 Å². The first kappa shape index (κ1) is 44.4. The van der Waals surface area contributed by atoms with Crippen molar-refractivity contribution in [1.29, 1.82) is 0 Å². The Morgan fingerprint density at radius 2 is 1.19 bits per heavy atom. The Labute approximate surface area is 306 Å². The second-order valence-corrected chi connectivity index (χ2v) is 15.7. The maximum Gasteiger partial charge on any atom is 0.348 e. The van der Waals surface area contributed by atoms with Gasteiger partial charge in [-0.15, -0.1) is 0 Å². The monoisotopic (exact) mass is 742 g/mol. The predicted molar refractivity (Wildman–Crippen MR) is 182 cm³/mol. The lowest BCUT2D eigenvalue weighted by atomic mass is 9.77. The van der Waals surface area contributed by atoms with Gasteiger partial charge in [-0.2, -0.15) is 0 Å². The van der Waals surface area contributed by atoms with Gasteiger partial charge in [0.25, 0.3) is 6.29 Å². The van der Waals surface area contributed by atoms with Crippen LogP contribution in [0.4, 0.5) is 0 Å². The van der Waals surface area contributed by atoms with Crippen molar-refractivity contribution in [3.63, 3.8) is 0 Å². The highest BCUT2D eigenvalue weighted by Gasteiger charge is 2.70. The molecule has 7 unspecified atom stereocenters. The van der Waals surface area contributed by atoms with E-state index in [0.29, 0.717) is 0 Å². The maximum absolute atomic E-state index is 13.4. The lowest BCUT2D eigenvalue weighted by Gasteiger charge is -2.43. The van der Waals surface area contributed by atoms with Crippen molar-refractivity contribution in [3.05, 3.63) is 11.8 Å². The number of ether oxygens (including phenoxy) is 7. The molecule has 2 N–H and O–H groups in total. The van der Waals surface area contributed by atoms with Crippen LogP contribution in [0.1, 0.15) is 102 Å². The maximum atomic E-state index is 13.4. The van der Waals surface area contributed by atoms with E-state index in [9.17, 15) is 39.0 Å². The second kappa shape index (κ2) is 18.9. The SMILES string of the molecule is CC(=O)OC1OC=C(COC(=O)C(OC(=O)CC(C)C)C(C)C)C2(O)CC(OC(=O)CC(C)C)C(O)(COC(=O)C(OC(=O)CC(C)C)C(C)C)C12. The van der Waals surface area contributed by atoms with Crippen LogP contribution in [-0.4, -0.2) is 95.0 Å². The summed E-state index contributed by atoms with van der Waals surface area (Å²) in [5, 5.41) is 24.7. The lowest BCUT2D eigenvalue weighted by molar-refractivity contribution is -0.241. The van der Waals surface area contributed by atoms with Gasteiger partial charge < -0.3 is 43.4 Å². The minimum absolute atomic E-state index is 0.0173. The van der Waals surface area contributed by atoms with Crippen LogP contribution in [0.5, 0.6) is 0 Å². The van der Waals surface area contributed by atoms with Crippen LogP contribution >= 0.6 is 0 Å². The van der Waals surface area contributed by atoms with Crippen LogP contribution in [0.25, 0.3) is 0 Å². The predicted octanol–water partition coefficient (Wildman–Crippen LogP) is 3.54. The molecule has 0 radical (unpaired) electrons. The highest BCUT2D eigenvalue weighted by Crippen LogP contribution is 2.53. The molecule has 15 heteroatoms. The van der Waals surface area contributed by atoms with Gasteiger partial charge >= 0.3 is 35.8 Å². The van der Waals surface area contributed by atoms with Gasteiger partial charge in [0, 0.05) is 50.0 Å². The molecular weight excluding hydrogens is 684 g/mol. The van der Waals surface area contributed by atoms with E-state index in [1.54, 1.807) is 41.5 Å². The van der Waals surface area contributed by atoms with E-state index in [0.717, 1.165) is 13.2 Å². The van der Waals surface area contributed by atoms with E-state index in [2.05, 4.69) is 0 Å². The third kappa shape index (κ3) is 11.9. The molecule has 1 fully saturated rings. The molecule has 0 aromatic carbocycles. The van der Waals surface area contributed by atoms with Gasteiger partial charge in [-0.25, -0.2) is 9.59 Å². The number of hydrogen-bond donors (Lipinski definition) is 2. The van der Waals surface area contributed by atoms with Crippen molar-refractivity contribution >= 4 is 35.8 Å². The molecule has 0 spiro atoms. The van der Waals surface area contributed by atoms with Gasteiger partial charge in [0.05, 0.1) is 6.26 Å². The van der Waals surface area contributed by atoms with E-state index < -0.39 is 109 Å². The van der Waals surface area contributed by atoms with E-state index in [1.165, 1.54) is 0 Å². The molecule has 0 saturated heterocycles. The summed E-state index contributed by atoms with van der Waals surface area (Å²) in [5.41, 5.74) is -4.80. The van der Waals surface area contributed by atoms with Crippen molar-refractivity contribution in [2.45, 2.75) is 138 Å². The van der Waals surface area contributed by atoms with Gasteiger partial charge in [-0.1, -0.05) is 69.2 Å². The van der Waals surface area contributed by atoms with E-state index in [1.807, 2.05) is 27.7 Å². The molecule has 7 atom stereocenters. The first-order chi connectivity index (χ1) is 24.0. The molecule has 15 nitrogen and oxygen atoms in total. The van der Waals surface area contributed by atoms with Crippen molar-refractivity contribution in [3.8, 4) is 0 Å². The average molecular weight is 743 g/mol. The number of rotatable bonds is 18. The molecular formula is C37H58O15. The molecule has 52 heavy (non-hydrogen) atoms. The van der Waals surface area contributed by atoms with Crippen molar-refractivity contribution < 1.29 is 72.1 Å². The summed E-state index contributed by atoms with van der Waals surface area (Å²) >= 11 is 0. The summed E-state index contributed by atoms with van der Waals surface area (Å²) in [6, 6.07) is 0. The molecule has 0 amide bonds. The summed E-state index contributed by atoms with van der Waals surface area (Å²) in [7, 11) is 0. The Balaban J connectivity index is 2.50. The van der Waals surface area contributed by atoms with Crippen LogP contribution in [0, 0.1) is 35.5 Å². The summed E-state index contributed by atoms with van der Waals surface area (Å²) in [6.45, 7) is 16.9. The topological polar surface area (TPSA) is 207 Å². The summed E-state index contributed by atoms with van der Waals surface area (Å²) in [6.07, 6.45) is -5.34. The van der Waals surface area contributed by atoms with E-state index in [-0.39, 0.29) is 42.6 Å². The summed E-state index contributed by atoms with van der Waals surface area (Å²) < 4.78 is 38.6. The van der Waals surface area contributed by atoms with Gasteiger partial charge in [-0.3, -0.25) is 19.2 Å². The Kier molecular flexibility index (Phi) is 16.1. The van der Waals surface area contributed by atoms with Crippen molar-refractivity contribution in [2.24, 2.45) is 35.5 Å². The molecule has 1 aliphatic carbocycles. The fourth-order valence-electron chi connectivity index (χ4n) is 6.07. The number of hydrogen-bond acceptors (Lipinski definition) is 15. The molecule has 2 rings (SSSR count). The lowest BCUT2D eigenvalue weighted by Crippen LogP contribution is -2.60. The van der Waals surface area contributed by atoms with Gasteiger partial charge in [0.2, 0.25) is 12.2 Å². The van der Waals surface area contributed by atoms with Crippen LogP contribution in [0.3, 0.4) is 0 Å².